The van der Waals surface area contributed by atoms with Crippen molar-refractivity contribution < 1.29 is 14.3 Å². The van der Waals surface area contributed by atoms with Crippen LogP contribution < -0.4 is 14.4 Å². The molecule has 0 aliphatic heterocycles. The van der Waals surface area contributed by atoms with E-state index < -0.39 is 0 Å². The SMILES string of the molecule is CC(=O)N(Cc1ccccc1)c1cc(OCc2ccccc2)cc(OCc2ccccc2)c1. The molecule has 0 aliphatic rings. The van der Waals surface area contributed by atoms with Crippen molar-refractivity contribution in [2.75, 3.05) is 4.90 Å². The monoisotopic (exact) mass is 437 g/mol. The quantitative estimate of drug-likeness (QED) is 0.304. The van der Waals surface area contributed by atoms with Crippen LogP contribution in [-0.2, 0) is 24.6 Å². The molecule has 1 amide bonds. The topological polar surface area (TPSA) is 38.8 Å². The Morgan fingerprint density at radius 3 is 1.48 bits per heavy atom. The summed E-state index contributed by atoms with van der Waals surface area (Å²) >= 11 is 0. The number of amides is 1. The van der Waals surface area contributed by atoms with Crippen LogP contribution in [0.5, 0.6) is 11.5 Å². The Balaban J connectivity index is 1.60. The molecule has 0 unspecified atom stereocenters. The zero-order valence-corrected chi connectivity index (χ0v) is 18.7. The molecule has 0 fully saturated rings. The molecule has 4 heteroatoms. The van der Waals surface area contributed by atoms with Gasteiger partial charge in [0.1, 0.15) is 24.7 Å². The summed E-state index contributed by atoms with van der Waals surface area (Å²) in [5, 5.41) is 0. The second kappa shape index (κ2) is 11.0. The average molecular weight is 438 g/mol. The van der Waals surface area contributed by atoms with Crippen LogP contribution in [0.4, 0.5) is 5.69 Å². The van der Waals surface area contributed by atoms with E-state index in [1.165, 1.54) is 0 Å². The number of anilines is 1. The number of hydrogen-bond donors (Lipinski definition) is 0. The predicted octanol–water partition coefficient (Wildman–Crippen LogP) is 6.40. The maximum atomic E-state index is 12.6. The molecule has 0 radical (unpaired) electrons. The lowest BCUT2D eigenvalue weighted by molar-refractivity contribution is -0.116. The van der Waals surface area contributed by atoms with Crippen molar-refractivity contribution >= 4 is 11.6 Å². The highest BCUT2D eigenvalue weighted by Crippen LogP contribution is 2.31. The third kappa shape index (κ3) is 6.47. The second-order valence-corrected chi connectivity index (χ2v) is 7.80. The van der Waals surface area contributed by atoms with Crippen LogP contribution in [0.2, 0.25) is 0 Å². The number of carbonyl (C=O) groups is 1. The molecule has 4 nitrogen and oxygen atoms in total. The first-order chi connectivity index (χ1) is 16.2. The minimum atomic E-state index is -0.0481. The highest BCUT2D eigenvalue weighted by atomic mass is 16.5. The summed E-state index contributed by atoms with van der Waals surface area (Å²) in [6.45, 7) is 2.91. The largest absolute Gasteiger partial charge is 0.489 e. The molecule has 0 aliphatic carbocycles. The van der Waals surface area contributed by atoms with Crippen molar-refractivity contribution in [2.24, 2.45) is 0 Å². The smallest absolute Gasteiger partial charge is 0.224 e. The second-order valence-electron chi connectivity index (χ2n) is 7.80. The predicted molar refractivity (Wildman–Crippen MR) is 131 cm³/mol. The van der Waals surface area contributed by atoms with Crippen molar-refractivity contribution in [3.63, 3.8) is 0 Å². The molecule has 0 atom stereocenters. The van der Waals surface area contributed by atoms with Crippen molar-refractivity contribution in [2.45, 2.75) is 26.7 Å². The number of nitrogens with zero attached hydrogens (tertiary/aromatic N) is 1. The molecular weight excluding hydrogens is 410 g/mol. The van der Waals surface area contributed by atoms with Gasteiger partial charge in [-0.05, 0) is 16.7 Å². The van der Waals surface area contributed by atoms with E-state index in [9.17, 15) is 4.79 Å². The van der Waals surface area contributed by atoms with Gasteiger partial charge in [-0.15, -0.1) is 0 Å². The molecule has 0 heterocycles. The molecule has 0 spiro atoms. The van der Waals surface area contributed by atoms with Gasteiger partial charge in [0.15, 0.2) is 0 Å². The van der Waals surface area contributed by atoms with E-state index in [2.05, 4.69) is 0 Å². The van der Waals surface area contributed by atoms with Crippen LogP contribution in [0.3, 0.4) is 0 Å². The zero-order valence-electron chi connectivity index (χ0n) is 18.7. The van der Waals surface area contributed by atoms with Gasteiger partial charge in [-0.1, -0.05) is 91.0 Å². The number of benzene rings is 4. The van der Waals surface area contributed by atoms with Crippen LogP contribution in [-0.4, -0.2) is 5.91 Å². The van der Waals surface area contributed by atoms with E-state index in [1.807, 2.05) is 109 Å². The molecule has 0 N–H and O–H groups in total. The Morgan fingerprint density at radius 2 is 1.06 bits per heavy atom. The van der Waals surface area contributed by atoms with E-state index in [-0.39, 0.29) is 5.91 Å². The molecular formula is C29H27NO3. The summed E-state index contributed by atoms with van der Waals surface area (Å²) in [5.74, 6) is 1.26. The average Bonchev–Trinajstić information content (AvgIpc) is 2.86. The van der Waals surface area contributed by atoms with Crippen molar-refractivity contribution in [3.05, 3.63) is 126 Å². The summed E-state index contributed by atoms with van der Waals surface area (Å²) in [4.78, 5) is 14.3. The van der Waals surface area contributed by atoms with Gasteiger partial charge in [-0.2, -0.15) is 0 Å². The molecule has 4 aromatic rings. The summed E-state index contributed by atoms with van der Waals surface area (Å²) in [7, 11) is 0. The van der Waals surface area contributed by atoms with Gasteiger partial charge >= 0.3 is 0 Å². The molecule has 0 saturated carbocycles. The Morgan fingerprint density at radius 1 is 0.636 bits per heavy atom. The molecule has 0 saturated heterocycles. The van der Waals surface area contributed by atoms with Gasteiger partial charge in [-0.3, -0.25) is 4.79 Å². The zero-order chi connectivity index (χ0) is 22.9. The normalized spacial score (nSPS) is 10.5. The van der Waals surface area contributed by atoms with Crippen molar-refractivity contribution in [1.82, 2.24) is 0 Å². The number of rotatable bonds is 9. The fourth-order valence-electron chi connectivity index (χ4n) is 3.51. The van der Waals surface area contributed by atoms with E-state index in [4.69, 9.17) is 9.47 Å². The van der Waals surface area contributed by atoms with Gasteiger partial charge in [0.2, 0.25) is 5.91 Å². The fraction of sp³-hybridized carbons (Fsp3) is 0.138. The highest BCUT2D eigenvalue weighted by molar-refractivity contribution is 5.91. The van der Waals surface area contributed by atoms with Crippen LogP contribution in [0.15, 0.2) is 109 Å². The van der Waals surface area contributed by atoms with Crippen LogP contribution in [0.1, 0.15) is 23.6 Å². The molecule has 166 valence electrons. The fourth-order valence-corrected chi connectivity index (χ4v) is 3.51. The number of ether oxygens (including phenoxy) is 2. The molecule has 0 bridgehead atoms. The lowest BCUT2D eigenvalue weighted by Crippen LogP contribution is -2.27. The van der Waals surface area contributed by atoms with Crippen LogP contribution in [0, 0.1) is 0 Å². The maximum absolute atomic E-state index is 12.6. The van der Waals surface area contributed by atoms with Gasteiger partial charge in [0, 0.05) is 25.1 Å². The summed E-state index contributed by atoms with van der Waals surface area (Å²) in [6.07, 6.45) is 0. The first-order valence-corrected chi connectivity index (χ1v) is 11.0. The van der Waals surface area contributed by atoms with E-state index in [0.717, 1.165) is 22.4 Å². The standard InChI is InChI=1S/C29H27NO3/c1-23(31)30(20-24-11-5-2-6-12-24)27-17-28(32-21-25-13-7-3-8-14-25)19-29(18-27)33-22-26-15-9-4-10-16-26/h2-19H,20-22H2,1H3. The first-order valence-electron chi connectivity index (χ1n) is 11.0. The van der Waals surface area contributed by atoms with Crippen LogP contribution in [0.25, 0.3) is 0 Å². The van der Waals surface area contributed by atoms with Gasteiger partial charge < -0.3 is 14.4 Å². The third-order valence-corrected chi connectivity index (χ3v) is 5.24. The number of carbonyl (C=O) groups excluding carboxylic acids is 1. The van der Waals surface area contributed by atoms with Gasteiger partial charge in [-0.25, -0.2) is 0 Å². The van der Waals surface area contributed by atoms with E-state index in [0.29, 0.717) is 31.3 Å². The summed E-state index contributed by atoms with van der Waals surface area (Å²) in [6, 6.07) is 35.6. The van der Waals surface area contributed by atoms with Gasteiger partial charge in [0.05, 0.1) is 12.2 Å². The molecule has 0 aromatic heterocycles. The maximum Gasteiger partial charge on any atom is 0.224 e. The summed E-state index contributed by atoms with van der Waals surface area (Å²) in [5.41, 5.74) is 3.93. The lowest BCUT2D eigenvalue weighted by Gasteiger charge is -2.23. The minimum absolute atomic E-state index is 0.0481. The third-order valence-electron chi connectivity index (χ3n) is 5.24. The van der Waals surface area contributed by atoms with Gasteiger partial charge in [0.25, 0.3) is 0 Å². The Kier molecular flexibility index (Phi) is 7.39. The molecule has 33 heavy (non-hydrogen) atoms. The van der Waals surface area contributed by atoms with Crippen molar-refractivity contribution in [1.29, 1.82) is 0 Å². The Hall–Kier alpha value is -4.05. The van der Waals surface area contributed by atoms with Crippen LogP contribution >= 0.6 is 0 Å². The lowest BCUT2D eigenvalue weighted by atomic mass is 10.2. The van der Waals surface area contributed by atoms with Crippen molar-refractivity contribution in [3.8, 4) is 11.5 Å². The summed E-state index contributed by atoms with van der Waals surface area (Å²) < 4.78 is 12.2. The Labute approximate surface area is 195 Å². The van der Waals surface area contributed by atoms with E-state index in [1.54, 1.807) is 11.8 Å². The molecule has 4 aromatic carbocycles. The van der Waals surface area contributed by atoms with E-state index >= 15 is 0 Å². The Bertz CT molecular complexity index is 1100. The minimum Gasteiger partial charge on any atom is -0.489 e. The highest BCUT2D eigenvalue weighted by Gasteiger charge is 2.15. The molecule has 4 rings (SSSR count). The first kappa shape index (κ1) is 22.2. The number of hydrogen-bond acceptors (Lipinski definition) is 3.